The zero-order valence-electron chi connectivity index (χ0n) is 11.9. The van der Waals surface area contributed by atoms with Crippen LogP contribution in [-0.2, 0) is 0 Å². The van der Waals surface area contributed by atoms with E-state index in [0.717, 1.165) is 15.6 Å². The Kier molecular flexibility index (Phi) is 5.58. The summed E-state index contributed by atoms with van der Waals surface area (Å²) in [5.41, 5.74) is 3.31. The third kappa shape index (κ3) is 3.38. The number of ether oxygens (including phenoxy) is 2. The second-order valence-corrected chi connectivity index (χ2v) is 6.78. The van der Waals surface area contributed by atoms with E-state index in [-0.39, 0.29) is 4.83 Å². The normalized spacial score (nSPS) is 12.1. The minimum Gasteiger partial charge on any atom is -0.495 e. The number of aryl methyl sites for hydroxylation is 1. The molecule has 0 bridgehead atoms. The molecule has 0 aliphatic heterocycles. The molecule has 2 nitrogen and oxygen atoms in total. The minimum absolute atomic E-state index is 0.0200. The van der Waals surface area contributed by atoms with Crippen molar-refractivity contribution in [3.05, 3.63) is 56.5 Å². The molecule has 0 aromatic heterocycles. The molecule has 2 rings (SSSR count). The fraction of sp³-hybridized carbons (Fsp3) is 0.250. The molecule has 21 heavy (non-hydrogen) atoms. The van der Waals surface area contributed by atoms with Gasteiger partial charge in [-0.15, -0.1) is 0 Å². The van der Waals surface area contributed by atoms with Crippen LogP contribution in [0.5, 0.6) is 11.5 Å². The highest BCUT2D eigenvalue weighted by molar-refractivity contribution is 9.10. The van der Waals surface area contributed by atoms with Gasteiger partial charge in [0, 0.05) is 10.0 Å². The van der Waals surface area contributed by atoms with Gasteiger partial charge in [-0.2, -0.15) is 0 Å². The molecule has 0 saturated carbocycles. The van der Waals surface area contributed by atoms with Crippen molar-refractivity contribution in [3.8, 4) is 11.5 Å². The van der Waals surface area contributed by atoms with Crippen LogP contribution in [0.4, 0.5) is 0 Å². The summed E-state index contributed by atoms with van der Waals surface area (Å²) in [5.74, 6) is 1.22. The molecule has 5 heteroatoms. The summed E-state index contributed by atoms with van der Waals surface area (Å²) in [7, 11) is 3.20. The Hall–Kier alpha value is -0.710. The molecule has 2 aromatic rings. The second-order valence-electron chi connectivity index (χ2n) is 4.57. The van der Waals surface area contributed by atoms with Crippen LogP contribution in [0.1, 0.15) is 21.5 Å². The lowest BCUT2D eigenvalue weighted by Crippen LogP contribution is -2.01. The average molecular weight is 435 g/mol. The first kappa shape index (κ1) is 16.7. The van der Waals surface area contributed by atoms with Gasteiger partial charge in [0.1, 0.15) is 16.5 Å². The maximum absolute atomic E-state index is 6.34. The molecule has 0 N–H and O–H groups in total. The quantitative estimate of drug-likeness (QED) is 0.557. The zero-order chi connectivity index (χ0) is 15.6. The lowest BCUT2D eigenvalue weighted by atomic mass is 9.99. The fourth-order valence-corrected chi connectivity index (χ4v) is 3.73. The topological polar surface area (TPSA) is 18.5 Å². The average Bonchev–Trinajstić information content (AvgIpc) is 2.48. The summed E-state index contributed by atoms with van der Waals surface area (Å²) >= 11 is 13.6. The van der Waals surface area contributed by atoms with Crippen molar-refractivity contribution in [1.82, 2.24) is 0 Å². The number of benzene rings is 2. The molecule has 0 fully saturated rings. The van der Waals surface area contributed by atoms with Crippen LogP contribution in [-0.4, -0.2) is 14.2 Å². The lowest BCUT2D eigenvalue weighted by molar-refractivity contribution is 0.392. The number of hydrogen-bond acceptors (Lipinski definition) is 2. The van der Waals surface area contributed by atoms with Gasteiger partial charge in [-0.3, -0.25) is 0 Å². The van der Waals surface area contributed by atoms with Gasteiger partial charge in [-0.25, -0.2) is 0 Å². The number of rotatable bonds is 4. The molecule has 0 saturated heterocycles. The van der Waals surface area contributed by atoms with Crippen LogP contribution in [0.15, 0.2) is 34.8 Å². The summed E-state index contributed by atoms with van der Waals surface area (Å²) in [4.78, 5) is -0.0200. The molecule has 0 spiro atoms. The molecular weight excluding hydrogens is 419 g/mol. The van der Waals surface area contributed by atoms with E-state index in [9.17, 15) is 0 Å². The van der Waals surface area contributed by atoms with Crippen LogP contribution in [0.25, 0.3) is 0 Å². The predicted molar refractivity (Wildman–Crippen MR) is 94.2 cm³/mol. The van der Waals surface area contributed by atoms with E-state index >= 15 is 0 Å². The van der Waals surface area contributed by atoms with E-state index in [4.69, 9.17) is 21.1 Å². The molecule has 112 valence electrons. The van der Waals surface area contributed by atoms with Crippen LogP contribution in [0.3, 0.4) is 0 Å². The second kappa shape index (κ2) is 7.03. The Morgan fingerprint density at radius 1 is 1.05 bits per heavy atom. The number of halogens is 3. The van der Waals surface area contributed by atoms with Crippen molar-refractivity contribution in [3.63, 3.8) is 0 Å². The standard InChI is InChI=1S/C16H15Br2ClO2/c1-9-4-5-10(17)8-12(9)14(18)11-6-7-13(20-2)15(19)16(11)21-3/h4-8,14H,1-3H3. The highest BCUT2D eigenvalue weighted by Crippen LogP contribution is 2.45. The first-order valence-corrected chi connectivity index (χ1v) is 8.38. The largest absolute Gasteiger partial charge is 0.495 e. The molecule has 0 amide bonds. The Balaban J connectivity index is 2.55. The third-order valence-electron chi connectivity index (χ3n) is 3.30. The molecule has 0 aliphatic carbocycles. The minimum atomic E-state index is -0.0200. The van der Waals surface area contributed by atoms with Gasteiger partial charge in [0.25, 0.3) is 0 Å². The Morgan fingerprint density at radius 3 is 2.38 bits per heavy atom. The van der Waals surface area contributed by atoms with E-state index in [1.54, 1.807) is 14.2 Å². The maximum atomic E-state index is 6.34. The van der Waals surface area contributed by atoms with Gasteiger partial charge in [0.15, 0.2) is 0 Å². The van der Waals surface area contributed by atoms with Crippen molar-refractivity contribution in [2.24, 2.45) is 0 Å². The number of hydrogen-bond donors (Lipinski definition) is 0. The van der Waals surface area contributed by atoms with Gasteiger partial charge in [0.2, 0.25) is 0 Å². The van der Waals surface area contributed by atoms with Crippen molar-refractivity contribution < 1.29 is 9.47 Å². The summed E-state index contributed by atoms with van der Waals surface area (Å²) in [6.45, 7) is 2.08. The van der Waals surface area contributed by atoms with Gasteiger partial charge < -0.3 is 9.47 Å². The van der Waals surface area contributed by atoms with E-state index in [1.165, 1.54) is 5.56 Å². The predicted octanol–water partition coefficient (Wildman–Crippen LogP) is 5.91. The van der Waals surface area contributed by atoms with E-state index in [2.05, 4.69) is 50.9 Å². The first-order chi connectivity index (χ1) is 9.99. The van der Waals surface area contributed by atoms with Crippen molar-refractivity contribution >= 4 is 43.5 Å². The molecule has 2 aromatic carbocycles. The monoisotopic (exact) mass is 432 g/mol. The molecule has 1 unspecified atom stereocenters. The van der Waals surface area contributed by atoms with Crippen molar-refractivity contribution in [2.75, 3.05) is 14.2 Å². The maximum Gasteiger partial charge on any atom is 0.145 e. The summed E-state index contributed by atoms with van der Waals surface area (Å²) in [6, 6.07) is 10.00. The highest BCUT2D eigenvalue weighted by Gasteiger charge is 2.21. The number of methoxy groups -OCH3 is 2. The SMILES string of the molecule is COc1ccc(C(Br)c2cc(Br)ccc2C)c(OC)c1Cl. The Labute approximate surface area is 146 Å². The van der Waals surface area contributed by atoms with Crippen LogP contribution >= 0.6 is 43.5 Å². The summed E-state index contributed by atoms with van der Waals surface area (Å²) < 4.78 is 11.7. The zero-order valence-corrected chi connectivity index (χ0v) is 15.8. The Morgan fingerprint density at radius 2 is 1.76 bits per heavy atom. The highest BCUT2D eigenvalue weighted by atomic mass is 79.9. The van der Waals surface area contributed by atoms with Gasteiger partial charge in [-0.05, 0) is 36.2 Å². The van der Waals surface area contributed by atoms with Crippen molar-refractivity contribution in [2.45, 2.75) is 11.8 Å². The molecule has 0 radical (unpaired) electrons. The summed E-state index contributed by atoms with van der Waals surface area (Å²) in [5, 5.41) is 0.481. The van der Waals surface area contributed by atoms with E-state index < -0.39 is 0 Å². The van der Waals surface area contributed by atoms with Gasteiger partial charge >= 0.3 is 0 Å². The van der Waals surface area contributed by atoms with Crippen molar-refractivity contribution in [1.29, 1.82) is 0 Å². The van der Waals surface area contributed by atoms with Crippen LogP contribution in [0, 0.1) is 6.92 Å². The molecule has 1 atom stereocenters. The Bertz CT molecular complexity index is 659. The summed E-state index contributed by atoms with van der Waals surface area (Å²) in [6.07, 6.45) is 0. The first-order valence-electron chi connectivity index (χ1n) is 6.30. The van der Waals surface area contributed by atoms with Gasteiger partial charge in [-0.1, -0.05) is 55.6 Å². The van der Waals surface area contributed by atoms with Crippen LogP contribution in [0.2, 0.25) is 5.02 Å². The van der Waals surface area contributed by atoms with Crippen LogP contribution < -0.4 is 9.47 Å². The van der Waals surface area contributed by atoms with E-state index in [1.807, 2.05) is 18.2 Å². The molecule has 0 heterocycles. The lowest BCUT2D eigenvalue weighted by Gasteiger charge is -2.19. The van der Waals surface area contributed by atoms with E-state index in [0.29, 0.717) is 16.5 Å². The molecule has 0 aliphatic rings. The smallest absolute Gasteiger partial charge is 0.145 e. The molecular formula is C16H15Br2ClO2. The third-order valence-corrected chi connectivity index (χ3v) is 5.14. The fourth-order valence-electron chi connectivity index (χ4n) is 2.17. The number of alkyl halides is 1. The van der Waals surface area contributed by atoms with Gasteiger partial charge in [0.05, 0.1) is 19.0 Å².